The molecule has 0 bridgehead atoms. The Morgan fingerprint density at radius 3 is 2.65 bits per heavy atom. The maximum Gasteiger partial charge on any atom is 0.261 e. The zero-order valence-corrected chi connectivity index (χ0v) is 13.8. The molecule has 3 aromatic rings. The van der Waals surface area contributed by atoms with Crippen LogP contribution in [0.4, 0.5) is 0 Å². The Morgan fingerprint density at radius 1 is 1.09 bits per heavy atom. The number of carbonyl (C=O) groups is 2. The third-order valence-corrected chi connectivity index (χ3v) is 6.04. The number of nitrogens with two attached hydrogens (primary N) is 1. The quantitative estimate of drug-likeness (QED) is 0.760. The molecule has 0 spiro atoms. The summed E-state index contributed by atoms with van der Waals surface area (Å²) in [6.45, 7) is 0. The highest BCUT2D eigenvalue weighted by molar-refractivity contribution is 7.21. The molecule has 1 aliphatic rings. The Labute approximate surface area is 140 Å². The summed E-state index contributed by atoms with van der Waals surface area (Å²) in [5.41, 5.74) is 6.41. The predicted molar refractivity (Wildman–Crippen MR) is 94.1 cm³/mol. The molecule has 0 radical (unpaired) electrons. The summed E-state index contributed by atoms with van der Waals surface area (Å²) in [6, 6.07) is 12.0. The summed E-state index contributed by atoms with van der Waals surface area (Å²) in [4.78, 5) is 25.8. The number of fused-ring (bicyclic) bond motifs is 1. The van der Waals surface area contributed by atoms with E-state index >= 15 is 0 Å². The van der Waals surface area contributed by atoms with Crippen LogP contribution in [0.25, 0.3) is 20.5 Å². The molecule has 1 aliphatic carbocycles. The summed E-state index contributed by atoms with van der Waals surface area (Å²) >= 11 is 2.87. The van der Waals surface area contributed by atoms with E-state index in [0.717, 1.165) is 33.4 Å². The molecule has 1 saturated carbocycles. The van der Waals surface area contributed by atoms with E-state index in [1.165, 1.54) is 22.7 Å². The van der Waals surface area contributed by atoms with Crippen LogP contribution >= 0.6 is 22.7 Å². The molecule has 3 N–H and O–H groups in total. The first-order valence-corrected chi connectivity index (χ1v) is 8.98. The van der Waals surface area contributed by atoms with E-state index in [1.807, 2.05) is 36.4 Å². The molecule has 2 amide bonds. The van der Waals surface area contributed by atoms with E-state index in [4.69, 9.17) is 5.73 Å². The molecular formula is C17H14N2O2S2. The monoisotopic (exact) mass is 342 g/mol. The van der Waals surface area contributed by atoms with Gasteiger partial charge in [-0.15, -0.1) is 22.7 Å². The largest absolute Gasteiger partial charge is 0.365 e. The molecule has 116 valence electrons. The van der Waals surface area contributed by atoms with Crippen LogP contribution in [0, 0.1) is 0 Å². The fourth-order valence-corrected chi connectivity index (χ4v) is 4.37. The first-order valence-electron chi connectivity index (χ1n) is 7.35. The number of thiophene rings is 2. The maximum atomic E-state index is 12.1. The summed E-state index contributed by atoms with van der Waals surface area (Å²) in [5, 5.41) is 4.01. The van der Waals surface area contributed by atoms with Gasteiger partial charge in [0, 0.05) is 26.6 Å². The lowest BCUT2D eigenvalue weighted by atomic mass is 10.1. The van der Waals surface area contributed by atoms with Crippen molar-refractivity contribution < 1.29 is 9.59 Å². The van der Waals surface area contributed by atoms with Crippen molar-refractivity contribution in [3.05, 3.63) is 46.2 Å². The fourth-order valence-electron chi connectivity index (χ4n) is 2.49. The molecule has 0 saturated heterocycles. The summed E-state index contributed by atoms with van der Waals surface area (Å²) in [6.07, 6.45) is 2.15. The van der Waals surface area contributed by atoms with Gasteiger partial charge in [0.15, 0.2) is 0 Å². The topological polar surface area (TPSA) is 72.2 Å². The lowest BCUT2D eigenvalue weighted by Gasteiger charge is -2.01. The van der Waals surface area contributed by atoms with Crippen molar-refractivity contribution in [1.29, 1.82) is 0 Å². The minimum Gasteiger partial charge on any atom is -0.365 e. The van der Waals surface area contributed by atoms with Crippen molar-refractivity contribution in [3.63, 3.8) is 0 Å². The van der Waals surface area contributed by atoms with E-state index in [-0.39, 0.29) is 5.91 Å². The van der Waals surface area contributed by atoms with Crippen molar-refractivity contribution in [1.82, 2.24) is 5.32 Å². The van der Waals surface area contributed by atoms with Crippen molar-refractivity contribution >= 4 is 44.6 Å². The smallest absolute Gasteiger partial charge is 0.261 e. The Balaban J connectivity index is 1.72. The predicted octanol–water partition coefficient (Wildman–Crippen LogP) is 3.62. The third-order valence-electron chi connectivity index (χ3n) is 3.81. The Bertz CT molecular complexity index is 922. The van der Waals surface area contributed by atoms with Gasteiger partial charge in [-0.05, 0) is 37.1 Å². The van der Waals surface area contributed by atoms with Gasteiger partial charge in [-0.3, -0.25) is 9.59 Å². The second kappa shape index (κ2) is 5.47. The number of amides is 2. The fraction of sp³-hybridized carbons (Fsp3) is 0.176. The lowest BCUT2D eigenvalue weighted by molar-refractivity contribution is 0.0953. The normalized spacial score (nSPS) is 14.1. The van der Waals surface area contributed by atoms with Crippen LogP contribution < -0.4 is 11.1 Å². The average molecular weight is 342 g/mol. The molecule has 2 heterocycles. The number of hydrogen-bond donors (Lipinski definition) is 2. The number of nitrogens with one attached hydrogen (secondary N) is 1. The molecule has 4 rings (SSSR count). The molecule has 1 fully saturated rings. The van der Waals surface area contributed by atoms with Gasteiger partial charge in [0.25, 0.3) is 11.8 Å². The molecule has 0 unspecified atom stereocenters. The first-order chi connectivity index (χ1) is 11.1. The van der Waals surface area contributed by atoms with Crippen LogP contribution in [0.3, 0.4) is 0 Å². The number of primary amides is 1. The number of carbonyl (C=O) groups excluding carboxylic acids is 2. The minimum absolute atomic E-state index is 0.000862. The van der Waals surface area contributed by atoms with Crippen LogP contribution in [0.15, 0.2) is 36.4 Å². The molecule has 2 aromatic heterocycles. The second-order valence-corrected chi connectivity index (χ2v) is 7.77. The van der Waals surface area contributed by atoms with Crippen molar-refractivity contribution in [3.8, 4) is 10.4 Å². The minimum atomic E-state index is -0.409. The zero-order chi connectivity index (χ0) is 16.0. The van der Waals surface area contributed by atoms with Gasteiger partial charge in [0.2, 0.25) is 0 Å². The van der Waals surface area contributed by atoms with Gasteiger partial charge >= 0.3 is 0 Å². The Hall–Kier alpha value is -2.18. The van der Waals surface area contributed by atoms with Gasteiger partial charge in [-0.1, -0.05) is 12.1 Å². The highest BCUT2D eigenvalue weighted by Crippen LogP contribution is 2.37. The van der Waals surface area contributed by atoms with E-state index in [2.05, 4.69) is 5.32 Å². The summed E-state index contributed by atoms with van der Waals surface area (Å²) in [5.74, 6) is -0.410. The SMILES string of the molecule is NC(=O)c1cc2c(-c3ccc(C(=O)NC4CC4)s3)cccc2s1. The average Bonchev–Trinajstić information content (AvgIpc) is 3.06. The number of benzene rings is 1. The highest BCUT2D eigenvalue weighted by atomic mass is 32.1. The molecular weight excluding hydrogens is 328 g/mol. The van der Waals surface area contributed by atoms with Crippen LogP contribution in [0.2, 0.25) is 0 Å². The first kappa shape index (κ1) is 14.4. The van der Waals surface area contributed by atoms with E-state index in [0.29, 0.717) is 15.8 Å². The van der Waals surface area contributed by atoms with Gasteiger partial charge in [0.1, 0.15) is 0 Å². The van der Waals surface area contributed by atoms with Crippen molar-refractivity contribution in [2.24, 2.45) is 5.73 Å². The number of rotatable bonds is 4. The lowest BCUT2D eigenvalue weighted by Crippen LogP contribution is -2.24. The summed E-state index contributed by atoms with van der Waals surface area (Å²) < 4.78 is 1.02. The zero-order valence-electron chi connectivity index (χ0n) is 12.2. The molecule has 0 aliphatic heterocycles. The van der Waals surface area contributed by atoms with Crippen LogP contribution in [-0.2, 0) is 0 Å². The van der Waals surface area contributed by atoms with Crippen molar-refractivity contribution in [2.75, 3.05) is 0 Å². The van der Waals surface area contributed by atoms with Gasteiger partial charge < -0.3 is 11.1 Å². The van der Waals surface area contributed by atoms with Gasteiger partial charge in [-0.25, -0.2) is 0 Å². The second-order valence-electron chi connectivity index (χ2n) is 5.60. The number of hydrogen-bond acceptors (Lipinski definition) is 4. The van der Waals surface area contributed by atoms with Gasteiger partial charge in [0.05, 0.1) is 9.75 Å². The van der Waals surface area contributed by atoms with Crippen LogP contribution in [0.5, 0.6) is 0 Å². The van der Waals surface area contributed by atoms with E-state index in [1.54, 1.807) is 0 Å². The standard InChI is InChI=1S/C17H14N2O2S2/c18-16(20)15-8-11-10(2-1-3-12(11)23-15)13-6-7-14(22-13)17(21)19-9-4-5-9/h1-3,6-9H,4-5H2,(H2,18,20)(H,19,21). The van der Waals surface area contributed by atoms with E-state index < -0.39 is 5.91 Å². The molecule has 1 aromatic carbocycles. The molecule has 6 heteroatoms. The maximum absolute atomic E-state index is 12.1. The summed E-state index contributed by atoms with van der Waals surface area (Å²) in [7, 11) is 0. The van der Waals surface area contributed by atoms with Crippen LogP contribution in [0.1, 0.15) is 32.2 Å². The van der Waals surface area contributed by atoms with Crippen molar-refractivity contribution in [2.45, 2.75) is 18.9 Å². The molecule has 23 heavy (non-hydrogen) atoms. The molecule has 0 atom stereocenters. The highest BCUT2D eigenvalue weighted by Gasteiger charge is 2.24. The Morgan fingerprint density at radius 2 is 1.91 bits per heavy atom. The van der Waals surface area contributed by atoms with Gasteiger partial charge in [-0.2, -0.15) is 0 Å². The third kappa shape index (κ3) is 2.75. The molecule has 4 nitrogen and oxygen atoms in total. The van der Waals surface area contributed by atoms with Crippen LogP contribution in [-0.4, -0.2) is 17.9 Å². The Kier molecular flexibility index (Phi) is 3.43. The van der Waals surface area contributed by atoms with E-state index in [9.17, 15) is 9.59 Å².